The molecule has 0 spiro atoms. The first-order valence-electron chi connectivity index (χ1n) is 11.1. The van der Waals surface area contributed by atoms with E-state index in [1.54, 1.807) is 12.1 Å². The molecule has 0 bridgehead atoms. The van der Waals surface area contributed by atoms with Crippen LogP contribution in [0.4, 0.5) is 5.69 Å². The minimum atomic E-state index is -0.158. The van der Waals surface area contributed by atoms with Crippen molar-refractivity contribution < 1.29 is 4.79 Å². The van der Waals surface area contributed by atoms with E-state index in [0.717, 1.165) is 41.7 Å². The summed E-state index contributed by atoms with van der Waals surface area (Å²) in [4.78, 5) is 13.3. The zero-order chi connectivity index (χ0) is 22.7. The van der Waals surface area contributed by atoms with Gasteiger partial charge in [0, 0.05) is 28.5 Å². The van der Waals surface area contributed by atoms with Gasteiger partial charge in [-0.3, -0.25) is 15.2 Å². The Morgan fingerprint density at radius 1 is 1.03 bits per heavy atom. The molecular formula is C24H27BrCl2N4O. The Bertz CT molecular complexity index is 990. The number of nitrogens with one attached hydrogen (secondary N) is 1. The van der Waals surface area contributed by atoms with Crippen molar-refractivity contribution in [3.8, 4) is 0 Å². The second kappa shape index (κ2) is 10.6. The number of carbonyl (C=O) groups is 1. The Balaban J connectivity index is 1.64. The number of carbonyl (C=O) groups excluding carboxylic acids is 1. The van der Waals surface area contributed by atoms with Gasteiger partial charge in [0.05, 0.1) is 16.8 Å². The summed E-state index contributed by atoms with van der Waals surface area (Å²) in [5.41, 5.74) is 5.40. The van der Waals surface area contributed by atoms with E-state index >= 15 is 0 Å². The van der Waals surface area contributed by atoms with E-state index in [4.69, 9.17) is 28.3 Å². The van der Waals surface area contributed by atoms with Crippen LogP contribution >= 0.6 is 39.1 Å². The number of hydrogen-bond acceptors (Lipinski definition) is 4. The first kappa shape index (κ1) is 23.6. The van der Waals surface area contributed by atoms with Crippen molar-refractivity contribution in [2.45, 2.75) is 45.1 Å². The molecule has 0 aromatic heterocycles. The zero-order valence-electron chi connectivity index (χ0n) is 18.0. The number of hydrogen-bond donors (Lipinski definition) is 1. The van der Waals surface area contributed by atoms with Crippen LogP contribution in [-0.4, -0.2) is 29.7 Å². The van der Waals surface area contributed by atoms with Crippen LogP contribution in [0, 0.1) is 5.92 Å². The smallest absolute Gasteiger partial charge is 0.282 e. The highest BCUT2D eigenvalue weighted by Gasteiger charge is 2.40. The predicted octanol–water partition coefficient (Wildman–Crippen LogP) is 6.61. The third-order valence-corrected chi connectivity index (χ3v) is 7.17. The van der Waals surface area contributed by atoms with Gasteiger partial charge in [-0.25, -0.2) is 5.01 Å². The van der Waals surface area contributed by atoms with Gasteiger partial charge in [-0.15, -0.1) is 0 Å². The van der Waals surface area contributed by atoms with Gasteiger partial charge in [0.25, 0.3) is 5.91 Å². The minimum absolute atomic E-state index is 0.127. The highest BCUT2D eigenvalue weighted by molar-refractivity contribution is 9.10. The Hall–Kier alpha value is -1.60. The van der Waals surface area contributed by atoms with Gasteiger partial charge < -0.3 is 0 Å². The maximum atomic E-state index is 13.3. The molecule has 32 heavy (non-hydrogen) atoms. The summed E-state index contributed by atoms with van der Waals surface area (Å²) in [6, 6.07) is 13.3. The second-order valence-corrected chi connectivity index (χ2v) is 10.2. The van der Waals surface area contributed by atoms with E-state index in [1.807, 2.05) is 35.1 Å². The van der Waals surface area contributed by atoms with Crippen molar-refractivity contribution in [2.75, 3.05) is 18.1 Å². The molecule has 1 N–H and O–H groups in total. The molecule has 0 unspecified atom stereocenters. The zero-order valence-corrected chi connectivity index (χ0v) is 21.1. The summed E-state index contributed by atoms with van der Waals surface area (Å²) in [6.07, 6.45) is 5.88. The van der Waals surface area contributed by atoms with Crippen LogP contribution < -0.4 is 10.4 Å². The largest absolute Gasteiger partial charge is 0.284 e. The van der Waals surface area contributed by atoms with Gasteiger partial charge in [0.1, 0.15) is 5.71 Å². The lowest BCUT2D eigenvalue weighted by molar-refractivity contribution is -0.119. The summed E-state index contributed by atoms with van der Waals surface area (Å²) < 4.78 is 0.999. The molecule has 2 aliphatic rings. The molecule has 2 aromatic rings. The first-order chi connectivity index (χ1) is 15.4. The Labute approximate surface area is 207 Å². The standard InChI is InChI=1S/C24H27BrCl2N4O/c1-16-22(24(32)29-30-13-5-3-2-4-6-14-30)28-31(21-12-11-19(26)15-20(21)27)23(16)17-7-9-18(25)10-8-17/h7-12,15-16,23H,2-6,13-14H2,1H3,(H,29,32)/t16-,23+/m1/s1. The monoisotopic (exact) mass is 536 g/mol. The summed E-state index contributed by atoms with van der Waals surface area (Å²) in [5, 5.41) is 9.75. The number of amides is 1. The molecule has 1 saturated heterocycles. The Kier molecular flexibility index (Phi) is 7.77. The summed E-state index contributed by atoms with van der Waals surface area (Å²) >= 11 is 16.2. The van der Waals surface area contributed by atoms with Crippen molar-refractivity contribution in [3.63, 3.8) is 0 Å². The summed E-state index contributed by atoms with van der Waals surface area (Å²) in [5.74, 6) is -0.273. The molecule has 0 saturated carbocycles. The molecule has 0 radical (unpaired) electrons. The van der Waals surface area contributed by atoms with Gasteiger partial charge in [-0.05, 0) is 48.7 Å². The van der Waals surface area contributed by atoms with Gasteiger partial charge in [-0.2, -0.15) is 5.10 Å². The van der Waals surface area contributed by atoms with Crippen molar-refractivity contribution in [3.05, 3.63) is 62.5 Å². The van der Waals surface area contributed by atoms with Crippen molar-refractivity contribution >= 4 is 56.4 Å². The summed E-state index contributed by atoms with van der Waals surface area (Å²) in [7, 11) is 0. The van der Waals surface area contributed by atoms with E-state index in [2.05, 4.69) is 33.5 Å². The minimum Gasteiger partial charge on any atom is -0.284 e. The van der Waals surface area contributed by atoms with Crippen LogP contribution in [0.15, 0.2) is 52.0 Å². The lowest BCUT2D eigenvalue weighted by atomic mass is 9.91. The number of hydrazine groups is 1. The average molecular weight is 538 g/mol. The summed E-state index contributed by atoms with van der Waals surface area (Å²) in [6.45, 7) is 3.79. The van der Waals surface area contributed by atoms with E-state index < -0.39 is 0 Å². The first-order valence-corrected chi connectivity index (χ1v) is 12.6. The van der Waals surface area contributed by atoms with Crippen LogP contribution in [0.25, 0.3) is 0 Å². The fourth-order valence-corrected chi connectivity index (χ4v) is 5.16. The average Bonchev–Trinajstić information content (AvgIpc) is 3.07. The lowest BCUT2D eigenvalue weighted by Gasteiger charge is -2.28. The van der Waals surface area contributed by atoms with E-state index in [-0.39, 0.29) is 17.9 Å². The predicted molar refractivity (Wildman–Crippen MR) is 135 cm³/mol. The number of rotatable bonds is 4. The lowest BCUT2D eigenvalue weighted by Crippen LogP contribution is -2.47. The molecule has 0 aliphatic carbocycles. The molecule has 4 rings (SSSR count). The van der Waals surface area contributed by atoms with Crippen molar-refractivity contribution in [1.82, 2.24) is 10.4 Å². The van der Waals surface area contributed by atoms with Gasteiger partial charge >= 0.3 is 0 Å². The Morgan fingerprint density at radius 3 is 2.34 bits per heavy atom. The SMILES string of the molecule is C[C@@H]1C(C(=O)NN2CCCCCCC2)=NN(c2ccc(Cl)cc2Cl)[C@@H]1c1ccc(Br)cc1. The normalized spacial score (nSPS) is 22.2. The molecule has 2 atom stereocenters. The second-order valence-electron chi connectivity index (χ2n) is 8.41. The fraction of sp³-hybridized carbons (Fsp3) is 0.417. The number of benzene rings is 2. The quantitative estimate of drug-likeness (QED) is 0.477. The molecule has 1 amide bonds. The van der Waals surface area contributed by atoms with Crippen LogP contribution in [0.3, 0.4) is 0 Å². The van der Waals surface area contributed by atoms with E-state index in [0.29, 0.717) is 15.8 Å². The van der Waals surface area contributed by atoms with Gasteiger partial charge in [0.2, 0.25) is 0 Å². The highest BCUT2D eigenvalue weighted by atomic mass is 79.9. The molecule has 170 valence electrons. The van der Waals surface area contributed by atoms with Crippen molar-refractivity contribution in [2.24, 2.45) is 11.0 Å². The molecule has 2 heterocycles. The number of nitrogens with zero attached hydrogens (tertiary/aromatic N) is 3. The molecule has 1 fully saturated rings. The van der Waals surface area contributed by atoms with E-state index in [9.17, 15) is 4.79 Å². The number of hydrazone groups is 1. The van der Waals surface area contributed by atoms with Gasteiger partial charge in [-0.1, -0.05) is 77.5 Å². The maximum absolute atomic E-state index is 13.3. The highest BCUT2D eigenvalue weighted by Crippen LogP contribution is 2.42. The molecular weight excluding hydrogens is 511 g/mol. The number of anilines is 1. The van der Waals surface area contributed by atoms with Gasteiger partial charge in [0.15, 0.2) is 0 Å². The molecule has 2 aliphatic heterocycles. The third kappa shape index (κ3) is 5.30. The van der Waals surface area contributed by atoms with Crippen LogP contribution in [0.5, 0.6) is 0 Å². The van der Waals surface area contributed by atoms with Crippen molar-refractivity contribution in [1.29, 1.82) is 0 Å². The number of halogens is 3. The third-order valence-electron chi connectivity index (χ3n) is 6.10. The van der Waals surface area contributed by atoms with Crippen LogP contribution in [-0.2, 0) is 4.79 Å². The maximum Gasteiger partial charge on any atom is 0.282 e. The molecule has 8 heteroatoms. The Morgan fingerprint density at radius 2 is 1.69 bits per heavy atom. The molecule has 5 nitrogen and oxygen atoms in total. The molecule has 2 aromatic carbocycles. The topological polar surface area (TPSA) is 47.9 Å². The fourth-order valence-electron chi connectivity index (χ4n) is 4.40. The van der Waals surface area contributed by atoms with E-state index in [1.165, 1.54) is 19.3 Å². The van der Waals surface area contributed by atoms with Crippen LogP contribution in [0.1, 0.15) is 50.6 Å². The van der Waals surface area contributed by atoms with Crippen LogP contribution in [0.2, 0.25) is 10.0 Å².